The molecule has 0 fully saturated rings. The first-order valence-corrected chi connectivity index (χ1v) is 12.8. The monoisotopic (exact) mass is 458 g/mol. The minimum absolute atomic E-state index is 0.318. The second kappa shape index (κ2) is 23.0. The van der Waals surface area contributed by atoms with Gasteiger partial charge in [0.1, 0.15) is 0 Å². The van der Waals surface area contributed by atoms with E-state index < -0.39 is 12.2 Å². The summed E-state index contributed by atoms with van der Waals surface area (Å²) in [5.74, 6) is -0.727. The molecule has 0 saturated carbocycles. The summed E-state index contributed by atoms with van der Waals surface area (Å²) >= 11 is 0. The SMILES string of the molecule is CCCCCCCCOC(C(=O)NCCN)C(OCCCCCCCC)C(=O)NCCN. The lowest BCUT2D eigenvalue weighted by Gasteiger charge is -2.26. The number of unbranched alkanes of at least 4 members (excludes halogenated alkanes) is 10. The van der Waals surface area contributed by atoms with Crippen molar-refractivity contribution in [3.05, 3.63) is 0 Å². The van der Waals surface area contributed by atoms with Gasteiger partial charge in [0.05, 0.1) is 0 Å². The zero-order valence-electron chi connectivity index (χ0n) is 20.7. The third-order valence-corrected chi connectivity index (χ3v) is 5.27. The number of carbonyl (C=O) groups is 2. The van der Waals surface area contributed by atoms with Gasteiger partial charge in [0.25, 0.3) is 11.8 Å². The molecule has 8 heteroatoms. The van der Waals surface area contributed by atoms with Gasteiger partial charge >= 0.3 is 0 Å². The maximum Gasteiger partial charge on any atom is 0.252 e. The van der Waals surface area contributed by atoms with Gasteiger partial charge in [0, 0.05) is 39.4 Å². The van der Waals surface area contributed by atoms with E-state index in [1.165, 1.54) is 38.5 Å². The summed E-state index contributed by atoms with van der Waals surface area (Å²) in [6.07, 6.45) is 11.4. The van der Waals surface area contributed by atoms with Crippen molar-refractivity contribution >= 4 is 11.8 Å². The molecular weight excluding hydrogens is 408 g/mol. The van der Waals surface area contributed by atoms with Crippen LogP contribution in [0.4, 0.5) is 0 Å². The van der Waals surface area contributed by atoms with Gasteiger partial charge in [-0.1, -0.05) is 78.1 Å². The van der Waals surface area contributed by atoms with Crippen LogP contribution in [0.15, 0.2) is 0 Å². The van der Waals surface area contributed by atoms with Crippen LogP contribution in [0.3, 0.4) is 0 Å². The summed E-state index contributed by atoms with van der Waals surface area (Å²) in [5, 5.41) is 5.49. The molecular formula is C24H50N4O4. The molecule has 0 aromatic rings. The van der Waals surface area contributed by atoms with Gasteiger partial charge in [-0.25, -0.2) is 0 Å². The Balaban J connectivity index is 4.87. The molecule has 0 aliphatic rings. The van der Waals surface area contributed by atoms with Crippen LogP contribution in [-0.2, 0) is 19.1 Å². The van der Waals surface area contributed by atoms with Gasteiger partial charge in [-0.15, -0.1) is 0 Å². The van der Waals surface area contributed by atoms with Gasteiger partial charge < -0.3 is 31.6 Å². The predicted molar refractivity (Wildman–Crippen MR) is 130 cm³/mol. The van der Waals surface area contributed by atoms with E-state index in [1.54, 1.807) is 0 Å². The second-order valence-corrected chi connectivity index (χ2v) is 8.28. The number of nitrogens with two attached hydrogens (primary N) is 2. The van der Waals surface area contributed by atoms with Crippen molar-refractivity contribution < 1.29 is 19.1 Å². The molecule has 32 heavy (non-hydrogen) atoms. The second-order valence-electron chi connectivity index (χ2n) is 8.28. The lowest BCUT2D eigenvalue weighted by Crippen LogP contribution is -2.53. The number of hydrogen-bond acceptors (Lipinski definition) is 6. The summed E-state index contributed by atoms with van der Waals surface area (Å²) in [6, 6.07) is 0. The third kappa shape index (κ3) is 16.4. The van der Waals surface area contributed by atoms with Crippen LogP contribution in [0, 0.1) is 0 Å². The number of carbonyl (C=O) groups excluding carboxylic acids is 2. The molecule has 8 nitrogen and oxygen atoms in total. The first-order chi connectivity index (χ1) is 15.6. The molecule has 0 saturated heterocycles. The number of hydrogen-bond donors (Lipinski definition) is 4. The van der Waals surface area contributed by atoms with Crippen molar-refractivity contribution in [2.24, 2.45) is 11.5 Å². The molecule has 0 aromatic heterocycles. The molecule has 0 aliphatic carbocycles. The third-order valence-electron chi connectivity index (χ3n) is 5.27. The average molecular weight is 459 g/mol. The molecule has 0 rings (SSSR count). The van der Waals surface area contributed by atoms with E-state index in [0.29, 0.717) is 39.4 Å². The van der Waals surface area contributed by atoms with Gasteiger partial charge in [-0.05, 0) is 12.8 Å². The smallest absolute Gasteiger partial charge is 0.252 e. The maximum atomic E-state index is 12.8. The Bertz CT molecular complexity index is 412. The lowest BCUT2D eigenvalue weighted by atomic mass is 10.1. The topological polar surface area (TPSA) is 129 Å². The Morgan fingerprint density at radius 2 is 0.969 bits per heavy atom. The van der Waals surface area contributed by atoms with E-state index in [1.807, 2.05) is 0 Å². The molecule has 0 aromatic carbocycles. The van der Waals surface area contributed by atoms with E-state index in [-0.39, 0.29) is 11.8 Å². The summed E-state index contributed by atoms with van der Waals surface area (Å²) in [4.78, 5) is 25.5. The Morgan fingerprint density at radius 3 is 1.31 bits per heavy atom. The van der Waals surface area contributed by atoms with Crippen molar-refractivity contribution in [1.82, 2.24) is 10.6 Å². The van der Waals surface area contributed by atoms with Gasteiger partial charge in [-0.3, -0.25) is 9.59 Å². The normalized spacial score (nSPS) is 13.0. The molecule has 0 heterocycles. The van der Waals surface area contributed by atoms with Crippen LogP contribution >= 0.6 is 0 Å². The molecule has 6 N–H and O–H groups in total. The number of ether oxygens (including phenoxy) is 2. The van der Waals surface area contributed by atoms with E-state index in [0.717, 1.165) is 38.5 Å². The van der Waals surface area contributed by atoms with Crippen LogP contribution in [0.25, 0.3) is 0 Å². The van der Waals surface area contributed by atoms with Crippen LogP contribution in [-0.4, -0.2) is 63.4 Å². The first-order valence-electron chi connectivity index (χ1n) is 12.8. The fourth-order valence-electron chi connectivity index (χ4n) is 3.38. The van der Waals surface area contributed by atoms with Crippen molar-refractivity contribution in [3.8, 4) is 0 Å². The van der Waals surface area contributed by atoms with E-state index in [4.69, 9.17) is 20.9 Å². The fourth-order valence-corrected chi connectivity index (χ4v) is 3.38. The maximum absolute atomic E-state index is 12.8. The zero-order chi connectivity index (χ0) is 23.9. The highest BCUT2D eigenvalue weighted by Gasteiger charge is 2.35. The molecule has 0 radical (unpaired) electrons. The van der Waals surface area contributed by atoms with Gasteiger partial charge in [-0.2, -0.15) is 0 Å². The Kier molecular flexibility index (Phi) is 22.1. The van der Waals surface area contributed by atoms with Crippen LogP contribution in [0.2, 0.25) is 0 Å². The van der Waals surface area contributed by atoms with Crippen molar-refractivity contribution in [1.29, 1.82) is 0 Å². The quantitative estimate of drug-likeness (QED) is 0.174. The van der Waals surface area contributed by atoms with Crippen molar-refractivity contribution in [2.75, 3.05) is 39.4 Å². The van der Waals surface area contributed by atoms with Crippen molar-refractivity contribution in [2.45, 2.75) is 103 Å². The number of nitrogens with one attached hydrogen (secondary N) is 2. The highest BCUT2D eigenvalue weighted by atomic mass is 16.5. The van der Waals surface area contributed by atoms with E-state index in [2.05, 4.69) is 24.5 Å². The van der Waals surface area contributed by atoms with Gasteiger partial charge in [0.2, 0.25) is 0 Å². The highest BCUT2D eigenvalue weighted by Crippen LogP contribution is 2.12. The van der Waals surface area contributed by atoms with Crippen molar-refractivity contribution in [3.63, 3.8) is 0 Å². The fraction of sp³-hybridized carbons (Fsp3) is 0.917. The minimum atomic E-state index is -1.00. The van der Waals surface area contributed by atoms with Gasteiger partial charge in [0.15, 0.2) is 12.2 Å². The van der Waals surface area contributed by atoms with Crippen LogP contribution < -0.4 is 22.1 Å². The standard InChI is InChI=1S/C24H50N4O4/c1-3-5-7-9-11-13-19-31-21(23(29)27-17-15-25)22(24(30)28-18-16-26)32-20-14-12-10-8-6-4-2/h21-22H,3-20,25-26H2,1-2H3,(H,27,29)(H,28,30). The molecule has 0 bridgehead atoms. The molecule has 2 unspecified atom stereocenters. The zero-order valence-corrected chi connectivity index (χ0v) is 20.7. The number of amides is 2. The largest absolute Gasteiger partial charge is 0.365 e. The number of rotatable bonds is 23. The lowest BCUT2D eigenvalue weighted by molar-refractivity contribution is -0.157. The molecule has 2 atom stereocenters. The van der Waals surface area contributed by atoms with E-state index >= 15 is 0 Å². The van der Waals surface area contributed by atoms with E-state index in [9.17, 15) is 9.59 Å². The summed E-state index contributed by atoms with van der Waals surface area (Å²) in [5.41, 5.74) is 11.1. The highest BCUT2D eigenvalue weighted by molar-refractivity contribution is 5.91. The van der Waals surface area contributed by atoms with Crippen LogP contribution in [0.5, 0.6) is 0 Å². The average Bonchev–Trinajstić information content (AvgIpc) is 2.80. The Hall–Kier alpha value is -1.22. The first kappa shape index (κ1) is 30.8. The summed E-state index contributed by atoms with van der Waals surface area (Å²) < 4.78 is 11.8. The summed E-state index contributed by atoms with van der Waals surface area (Å²) in [6.45, 7) is 6.48. The minimum Gasteiger partial charge on any atom is -0.365 e. The Morgan fingerprint density at radius 1 is 0.625 bits per heavy atom. The van der Waals surface area contributed by atoms with Crippen LogP contribution in [0.1, 0.15) is 90.9 Å². The summed E-state index contributed by atoms with van der Waals surface area (Å²) in [7, 11) is 0. The predicted octanol–water partition coefficient (Wildman–Crippen LogP) is 2.63. The molecule has 2 amide bonds. The molecule has 0 aliphatic heterocycles. The molecule has 190 valence electrons. The molecule has 0 spiro atoms. The Labute approximate surface area is 195 Å².